The average molecular weight is 300 g/mol. The van der Waals surface area contributed by atoms with E-state index in [9.17, 15) is 8.78 Å². The topological polar surface area (TPSA) is 25.2 Å². The van der Waals surface area contributed by atoms with E-state index in [-0.39, 0.29) is 5.02 Å². The molecule has 0 saturated heterocycles. The molecule has 0 aliphatic rings. The van der Waals surface area contributed by atoms with Gasteiger partial charge in [0.15, 0.2) is 11.6 Å². The lowest BCUT2D eigenvalue weighted by Gasteiger charge is -2.19. The summed E-state index contributed by atoms with van der Waals surface area (Å²) in [6.45, 7) is 4.62. The molecule has 0 amide bonds. The zero-order valence-electron chi connectivity index (χ0n) is 11.3. The van der Waals surface area contributed by atoms with Crippen molar-refractivity contribution in [2.45, 2.75) is 26.3 Å². The molecule has 0 radical (unpaired) electrons. The van der Waals surface area contributed by atoms with Crippen LogP contribution in [0.25, 0.3) is 0 Å². The second-order valence-corrected chi connectivity index (χ2v) is 5.05. The van der Waals surface area contributed by atoms with Gasteiger partial charge in [0.2, 0.25) is 0 Å². The van der Waals surface area contributed by atoms with Gasteiger partial charge >= 0.3 is 0 Å². The standard InChI is InChI=1S/C15H16ClF2NO/c1-3-5-19-14(15-9(2)4-6-20-15)10-7-12(17)13(18)8-11(10)16/h4,6-8,14,19H,3,5H2,1-2H3. The Kier molecular flexibility index (Phi) is 4.78. The molecule has 1 atom stereocenters. The molecular formula is C15H16ClF2NO. The molecular weight excluding hydrogens is 284 g/mol. The third kappa shape index (κ3) is 3.02. The van der Waals surface area contributed by atoms with Crippen LogP contribution in [0, 0.1) is 18.6 Å². The molecule has 1 N–H and O–H groups in total. The number of hydrogen-bond acceptors (Lipinski definition) is 2. The van der Waals surface area contributed by atoms with Crippen LogP contribution in [0.5, 0.6) is 0 Å². The van der Waals surface area contributed by atoms with Crippen LogP contribution in [0.4, 0.5) is 8.78 Å². The van der Waals surface area contributed by atoms with Crippen LogP contribution >= 0.6 is 11.6 Å². The fraction of sp³-hybridized carbons (Fsp3) is 0.333. The predicted octanol–water partition coefficient (Wildman–Crippen LogP) is 4.61. The third-order valence-electron chi connectivity index (χ3n) is 3.11. The van der Waals surface area contributed by atoms with Crippen molar-refractivity contribution < 1.29 is 13.2 Å². The molecule has 2 nitrogen and oxygen atoms in total. The van der Waals surface area contributed by atoms with E-state index in [1.165, 1.54) is 0 Å². The lowest BCUT2D eigenvalue weighted by atomic mass is 10.0. The number of rotatable bonds is 5. The zero-order valence-corrected chi connectivity index (χ0v) is 12.1. The van der Waals surface area contributed by atoms with E-state index < -0.39 is 17.7 Å². The number of aryl methyl sites for hydroxylation is 1. The molecule has 0 bridgehead atoms. The maximum absolute atomic E-state index is 13.5. The van der Waals surface area contributed by atoms with Crippen molar-refractivity contribution in [2.24, 2.45) is 0 Å². The molecule has 20 heavy (non-hydrogen) atoms. The normalized spacial score (nSPS) is 12.7. The van der Waals surface area contributed by atoms with Gasteiger partial charge in [0.05, 0.1) is 12.3 Å². The van der Waals surface area contributed by atoms with E-state index in [1.807, 2.05) is 19.9 Å². The van der Waals surface area contributed by atoms with E-state index >= 15 is 0 Å². The van der Waals surface area contributed by atoms with Gasteiger partial charge in [0.1, 0.15) is 5.76 Å². The molecule has 1 heterocycles. The molecule has 0 fully saturated rings. The van der Waals surface area contributed by atoms with Crippen molar-refractivity contribution in [3.8, 4) is 0 Å². The molecule has 1 aromatic carbocycles. The Morgan fingerprint density at radius 2 is 2.00 bits per heavy atom. The molecule has 0 aliphatic heterocycles. The number of nitrogens with one attached hydrogen (secondary N) is 1. The maximum atomic E-state index is 13.5. The summed E-state index contributed by atoms with van der Waals surface area (Å²) < 4.78 is 32.2. The first-order valence-electron chi connectivity index (χ1n) is 6.46. The Morgan fingerprint density at radius 1 is 1.30 bits per heavy atom. The van der Waals surface area contributed by atoms with Gasteiger partial charge in [-0.15, -0.1) is 0 Å². The minimum atomic E-state index is -0.954. The number of benzene rings is 1. The third-order valence-corrected chi connectivity index (χ3v) is 3.44. The van der Waals surface area contributed by atoms with Gasteiger partial charge in [-0.3, -0.25) is 0 Å². The quantitative estimate of drug-likeness (QED) is 0.816. The van der Waals surface area contributed by atoms with Crippen molar-refractivity contribution in [2.75, 3.05) is 6.54 Å². The molecule has 1 unspecified atom stereocenters. The Morgan fingerprint density at radius 3 is 2.60 bits per heavy atom. The zero-order chi connectivity index (χ0) is 14.7. The molecule has 108 valence electrons. The monoisotopic (exact) mass is 299 g/mol. The molecule has 0 aliphatic carbocycles. The van der Waals surface area contributed by atoms with Crippen LogP contribution in [-0.4, -0.2) is 6.54 Å². The largest absolute Gasteiger partial charge is 0.467 e. The van der Waals surface area contributed by atoms with Gasteiger partial charge in [-0.2, -0.15) is 0 Å². The van der Waals surface area contributed by atoms with E-state index in [0.717, 1.165) is 24.1 Å². The Hall–Kier alpha value is -1.39. The van der Waals surface area contributed by atoms with Gasteiger partial charge in [-0.05, 0) is 49.2 Å². The number of halogens is 3. The first-order chi connectivity index (χ1) is 9.54. The highest BCUT2D eigenvalue weighted by Crippen LogP contribution is 2.32. The summed E-state index contributed by atoms with van der Waals surface area (Å²) in [5.74, 6) is -1.22. The summed E-state index contributed by atoms with van der Waals surface area (Å²) in [5, 5.41) is 3.42. The fourth-order valence-electron chi connectivity index (χ4n) is 2.07. The molecule has 5 heteroatoms. The minimum Gasteiger partial charge on any atom is -0.467 e. The summed E-state index contributed by atoms with van der Waals surface area (Å²) >= 11 is 6.06. The van der Waals surface area contributed by atoms with E-state index in [1.54, 1.807) is 6.26 Å². The van der Waals surface area contributed by atoms with E-state index in [2.05, 4.69) is 5.32 Å². The first-order valence-corrected chi connectivity index (χ1v) is 6.84. The highest BCUT2D eigenvalue weighted by Gasteiger charge is 2.23. The summed E-state index contributed by atoms with van der Waals surface area (Å²) in [6.07, 6.45) is 2.47. The summed E-state index contributed by atoms with van der Waals surface area (Å²) in [7, 11) is 0. The van der Waals surface area contributed by atoms with Gasteiger partial charge in [0, 0.05) is 5.02 Å². The fourth-order valence-corrected chi connectivity index (χ4v) is 2.33. The van der Waals surface area contributed by atoms with Crippen LogP contribution in [0.3, 0.4) is 0 Å². The number of hydrogen-bond donors (Lipinski definition) is 1. The summed E-state index contributed by atoms with van der Waals surface area (Å²) in [4.78, 5) is 0. The maximum Gasteiger partial charge on any atom is 0.160 e. The molecule has 1 aromatic heterocycles. The van der Waals surface area contributed by atoms with Gasteiger partial charge in [0.25, 0.3) is 0 Å². The van der Waals surface area contributed by atoms with Crippen LogP contribution < -0.4 is 5.32 Å². The lowest BCUT2D eigenvalue weighted by molar-refractivity contribution is 0.440. The number of furan rings is 1. The Bertz CT molecular complexity index is 598. The molecule has 0 saturated carbocycles. The Balaban J connectivity index is 2.46. The second kappa shape index (κ2) is 6.37. The predicted molar refractivity (Wildman–Crippen MR) is 74.9 cm³/mol. The second-order valence-electron chi connectivity index (χ2n) is 4.64. The van der Waals surface area contributed by atoms with Crippen LogP contribution in [0.15, 0.2) is 28.9 Å². The molecule has 0 spiro atoms. The van der Waals surface area contributed by atoms with Crippen LogP contribution in [0.2, 0.25) is 5.02 Å². The van der Waals surface area contributed by atoms with Gasteiger partial charge in [-0.25, -0.2) is 8.78 Å². The lowest BCUT2D eigenvalue weighted by Crippen LogP contribution is -2.24. The average Bonchev–Trinajstić information content (AvgIpc) is 2.82. The van der Waals surface area contributed by atoms with Crippen molar-refractivity contribution >= 4 is 11.6 Å². The van der Waals surface area contributed by atoms with Crippen molar-refractivity contribution in [1.29, 1.82) is 0 Å². The van der Waals surface area contributed by atoms with E-state index in [4.69, 9.17) is 16.0 Å². The highest BCUT2D eigenvalue weighted by molar-refractivity contribution is 6.31. The molecule has 2 rings (SSSR count). The first kappa shape index (κ1) is 15.0. The van der Waals surface area contributed by atoms with E-state index in [0.29, 0.717) is 17.9 Å². The van der Waals surface area contributed by atoms with Gasteiger partial charge < -0.3 is 9.73 Å². The van der Waals surface area contributed by atoms with Crippen molar-refractivity contribution in [3.63, 3.8) is 0 Å². The Labute approximate surface area is 121 Å². The SMILES string of the molecule is CCCNC(c1cc(F)c(F)cc1Cl)c1occc1C. The van der Waals surface area contributed by atoms with Crippen LogP contribution in [0.1, 0.15) is 36.3 Å². The minimum absolute atomic E-state index is 0.174. The smallest absolute Gasteiger partial charge is 0.160 e. The summed E-state index contributed by atoms with van der Waals surface area (Å²) in [6, 6.07) is 3.54. The van der Waals surface area contributed by atoms with Crippen molar-refractivity contribution in [1.82, 2.24) is 5.32 Å². The van der Waals surface area contributed by atoms with Crippen LogP contribution in [-0.2, 0) is 0 Å². The summed E-state index contributed by atoms with van der Waals surface area (Å²) in [5.41, 5.74) is 1.40. The van der Waals surface area contributed by atoms with Crippen molar-refractivity contribution in [3.05, 3.63) is 58.0 Å². The van der Waals surface area contributed by atoms with Gasteiger partial charge in [-0.1, -0.05) is 18.5 Å². The molecule has 2 aromatic rings. The highest BCUT2D eigenvalue weighted by atomic mass is 35.5.